The van der Waals surface area contributed by atoms with Crippen molar-refractivity contribution < 1.29 is 22.7 Å². The normalized spacial score (nSPS) is 12.1. The van der Waals surface area contributed by atoms with E-state index in [0.29, 0.717) is 22.9 Å². The molecule has 1 atom stereocenters. The standard InChI is InChI=1S/C29H34ClN3O5S/c1-21(2)18-31-29(35)22(3)32(19-23-11-8-9-16-27(23)30)28(34)20-33(24-12-10-13-25(17-24)38-4)39(36,37)26-14-6-5-7-15-26/h5-17,21-22H,18-20H2,1-4H3,(H,31,35)/t22-/m0/s1. The van der Waals surface area contributed by atoms with Gasteiger partial charge in [-0.25, -0.2) is 8.42 Å². The minimum Gasteiger partial charge on any atom is -0.497 e. The van der Waals surface area contributed by atoms with Crippen molar-refractivity contribution >= 4 is 39.1 Å². The lowest BCUT2D eigenvalue weighted by atomic mass is 10.1. The average molecular weight is 572 g/mol. The van der Waals surface area contributed by atoms with Gasteiger partial charge in [-0.05, 0) is 48.7 Å². The van der Waals surface area contributed by atoms with Crippen LogP contribution in [-0.2, 0) is 26.2 Å². The Morgan fingerprint density at radius 2 is 1.62 bits per heavy atom. The van der Waals surface area contributed by atoms with Gasteiger partial charge in [-0.1, -0.05) is 67.9 Å². The number of sulfonamides is 1. The molecule has 0 spiro atoms. The Morgan fingerprint density at radius 3 is 2.26 bits per heavy atom. The maximum Gasteiger partial charge on any atom is 0.264 e. The first-order valence-electron chi connectivity index (χ1n) is 12.6. The second kappa shape index (κ2) is 13.5. The highest BCUT2D eigenvalue weighted by Crippen LogP contribution is 2.28. The molecule has 0 saturated heterocycles. The number of carbonyl (C=O) groups is 2. The number of methoxy groups -OCH3 is 1. The van der Waals surface area contributed by atoms with Crippen molar-refractivity contribution in [2.45, 2.75) is 38.3 Å². The van der Waals surface area contributed by atoms with Crippen molar-refractivity contribution in [2.24, 2.45) is 5.92 Å². The van der Waals surface area contributed by atoms with Gasteiger partial charge >= 0.3 is 0 Å². The van der Waals surface area contributed by atoms with Crippen LogP contribution in [0.5, 0.6) is 5.75 Å². The molecule has 1 N–H and O–H groups in total. The molecule has 10 heteroatoms. The second-order valence-corrected chi connectivity index (χ2v) is 11.7. The van der Waals surface area contributed by atoms with E-state index in [4.69, 9.17) is 16.3 Å². The summed E-state index contributed by atoms with van der Waals surface area (Å²) in [5, 5.41) is 3.30. The van der Waals surface area contributed by atoms with E-state index in [1.807, 2.05) is 13.8 Å². The minimum absolute atomic E-state index is 0.0199. The van der Waals surface area contributed by atoms with Gasteiger partial charge in [0.15, 0.2) is 0 Å². The molecule has 0 radical (unpaired) electrons. The number of nitrogens with zero attached hydrogens (tertiary/aromatic N) is 2. The number of hydrogen-bond acceptors (Lipinski definition) is 5. The van der Waals surface area contributed by atoms with Gasteiger partial charge in [-0.3, -0.25) is 13.9 Å². The zero-order chi connectivity index (χ0) is 28.6. The van der Waals surface area contributed by atoms with E-state index >= 15 is 0 Å². The Bertz CT molecular complexity index is 1380. The first kappa shape index (κ1) is 30.0. The minimum atomic E-state index is -4.15. The zero-order valence-corrected chi connectivity index (χ0v) is 24.1. The van der Waals surface area contributed by atoms with Crippen LogP contribution in [0.3, 0.4) is 0 Å². The molecular formula is C29H34ClN3O5S. The molecule has 208 valence electrons. The fraction of sp³-hybridized carbons (Fsp3) is 0.310. The highest BCUT2D eigenvalue weighted by atomic mass is 35.5. The summed E-state index contributed by atoms with van der Waals surface area (Å²) >= 11 is 6.39. The number of hydrogen-bond donors (Lipinski definition) is 1. The van der Waals surface area contributed by atoms with Crippen LogP contribution in [0.4, 0.5) is 5.69 Å². The van der Waals surface area contributed by atoms with E-state index in [0.717, 1.165) is 4.31 Å². The molecule has 0 fully saturated rings. The third-order valence-electron chi connectivity index (χ3n) is 6.10. The summed E-state index contributed by atoms with van der Waals surface area (Å²) < 4.78 is 33.9. The maximum atomic E-state index is 13.9. The summed E-state index contributed by atoms with van der Waals surface area (Å²) in [4.78, 5) is 28.3. The third kappa shape index (κ3) is 7.74. The Balaban J connectivity index is 2.03. The van der Waals surface area contributed by atoms with Crippen LogP contribution in [0.1, 0.15) is 26.3 Å². The molecule has 3 rings (SSSR count). The van der Waals surface area contributed by atoms with E-state index < -0.39 is 28.5 Å². The first-order chi connectivity index (χ1) is 18.5. The molecule has 39 heavy (non-hydrogen) atoms. The smallest absolute Gasteiger partial charge is 0.264 e. The summed E-state index contributed by atoms with van der Waals surface area (Å²) in [6, 6.07) is 20.5. The van der Waals surface area contributed by atoms with Crippen LogP contribution in [0.2, 0.25) is 5.02 Å². The van der Waals surface area contributed by atoms with Crippen LogP contribution in [0.25, 0.3) is 0 Å². The molecule has 0 unspecified atom stereocenters. The summed E-state index contributed by atoms with van der Waals surface area (Å²) in [5.41, 5.74) is 0.885. The monoisotopic (exact) mass is 571 g/mol. The van der Waals surface area contributed by atoms with Crippen LogP contribution < -0.4 is 14.4 Å². The average Bonchev–Trinajstić information content (AvgIpc) is 2.94. The molecule has 0 aliphatic carbocycles. The van der Waals surface area contributed by atoms with Crippen molar-refractivity contribution in [2.75, 3.05) is 24.5 Å². The van der Waals surface area contributed by atoms with Gasteiger partial charge in [0.25, 0.3) is 10.0 Å². The Hall–Kier alpha value is -3.56. The van der Waals surface area contributed by atoms with Gasteiger partial charge in [0, 0.05) is 24.2 Å². The molecule has 2 amide bonds. The number of ether oxygens (including phenoxy) is 1. The van der Waals surface area contributed by atoms with Crippen molar-refractivity contribution in [3.05, 3.63) is 89.4 Å². The van der Waals surface area contributed by atoms with Crippen LogP contribution >= 0.6 is 11.6 Å². The van der Waals surface area contributed by atoms with E-state index in [9.17, 15) is 18.0 Å². The van der Waals surface area contributed by atoms with Crippen molar-refractivity contribution in [1.82, 2.24) is 10.2 Å². The Morgan fingerprint density at radius 1 is 0.949 bits per heavy atom. The molecule has 0 heterocycles. The van der Waals surface area contributed by atoms with E-state index in [1.54, 1.807) is 73.7 Å². The van der Waals surface area contributed by atoms with Gasteiger partial charge in [0.1, 0.15) is 18.3 Å². The maximum absolute atomic E-state index is 13.9. The highest BCUT2D eigenvalue weighted by molar-refractivity contribution is 7.92. The SMILES string of the molecule is COc1cccc(N(CC(=O)N(Cc2ccccc2Cl)[C@@H](C)C(=O)NCC(C)C)S(=O)(=O)c2ccccc2)c1. The van der Waals surface area contributed by atoms with E-state index in [-0.39, 0.29) is 29.0 Å². The fourth-order valence-electron chi connectivity index (χ4n) is 3.86. The van der Waals surface area contributed by atoms with Crippen molar-refractivity contribution in [3.63, 3.8) is 0 Å². The topological polar surface area (TPSA) is 96.0 Å². The van der Waals surface area contributed by atoms with Crippen LogP contribution in [0.15, 0.2) is 83.8 Å². The predicted molar refractivity (Wildman–Crippen MR) is 153 cm³/mol. The number of amides is 2. The number of carbonyl (C=O) groups excluding carboxylic acids is 2. The van der Waals surface area contributed by atoms with Gasteiger partial charge in [0.05, 0.1) is 17.7 Å². The van der Waals surface area contributed by atoms with Crippen molar-refractivity contribution in [1.29, 1.82) is 0 Å². The molecule has 3 aromatic carbocycles. The number of rotatable bonds is 12. The highest BCUT2D eigenvalue weighted by Gasteiger charge is 2.33. The third-order valence-corrected chi connectivity index (χ3v) is 8.26. The summed E-state index contributed by atoms with van der Waals surface area (Å²) in [5.74, 6) is -0.261. The summed E-state index contributed by atoms with van der Waals surface area (Å²) in [7, 11) is -2.68. The fourth-order valence-corrected chi connectivity index (χ4v) is 5.48. The van der Waals surface area contributed by atoms with Gasteiger partial charge < -0.3 is 15.0 Å². The predicted octanol–water partition coefficient (Wildman–Crippen LogP) is 4.73. The molecule has 0 saturated carbocycles. The number of anilines is 1. The number of halogens is 1. The van der Waals surface area contributed by atoms with Gasteiger partial charge in [-0.15, -0.1) is 0 Å². The quantitative estimate of drug-likeness (QED) is 0.339. The van der Waals surface area contributed by atoms with E-state index in [2.05, 4.69) is 5.32 Å². The molecule has 0 aliphatic heterocycles. The Kier molecular flexibility index (Phi) is 10.4. The molecule has 3 aromatic rings. The number of nitrogens with one attached hydrogen (secondary N) is 1. The first-order valence-corrected chi connectivity index (χ1v) is 14.4. The van der Waals surface area contributed by atoms with Gasteiger partial charge in [0.2, 0.25) is 11.8 Å². The molecular weight excluding hydrogens is 538 g/mol. The largest absolute Gasteiger partial charge is 0.497 e. The number of benzene rings is 3. The summed E-state index contributed by atoms with van der Waals surface area (Å²) in [6.45, 7) is 5.47. The van der Waals surface area contributed by atoms with E-state index in [1.165, 1.54) is 24.1 Å². The van der Waals surface area contributed by atoms with Crippen LogP contribution in [-0.4, -0.2) is 51.4 Å². The Labute approximate surface area is 235 Å². The molecule has 0 bridgehead atoms. The second-order valence-electron chi connectivity index (χ2n) is 9.45. The molecule has 8 nitrogen and oxygen atoms in total. The van der Waals surface area contributed by atoms with Crippen LogP contribution in [0, 0.1) is 5.92 Å². The lowest BCUT2D eigenvalue weighted by Crippen LogP contribution is -2.51. The van der Waals surface area contributed by atoms with Crippen molar-refractivity contribution in [3.8, 4) is 5.75 Å². The molecule has 0 aliphatic rings. The lowest BCUT2D eigenvalue weighted by Gasteiger charge is -2.32. The zero-order valence-electron chi connectivity index (χ0n) is 22.5. The molecule has 0 aromatic heterocycles. The summed E-state index contributed by atoms with van der Waals surface area (Å²) in [6.07, 6.45) is 0. The van der Waals surface area contributed by atoms with Gasteiger partial charge in [-0.2, -0.15) is 0 Å². The lowest BCUT2D eigenvalue weighted by molar-refractivity contribution is -0.139.